The molecule has 86 valence electrons. The maximum Gasteiger partial charge on any atom is 0.255 e. The molecule has 1 aromatic heterocycles. The molecule has 0 saturated carbocycles. The summed E-state index contributed by atoms with van der Waals surface area (Å²) in [6.07, 6.45) is 1.65. The van der Waals surface area contributed by atoms with Crippen molar-refractivity contribution in [2.75, 3.05) is 19.6 Å². The standard InChI is InChI=1S/C11H14IN3O/c1-8-6-13-4-5-15(8)11(16)9-2-3-10(12)14-7-9/h2-3,7-8,13H,4-6H2,1H3/t8-/m1/s1. The van der Waals surface area contributed by atoms with E-state index in [2.05, 4.69) is 39.8 Å². The van der Waals surface area contributed by atoms with Crippen molar-refractivity contribution in [2.24, 2.45) is 0 Å². The molecule has 0 unspecified atom stereocenters. The number of piperazine rings is 1. The first kappa shape index (κ1) is 11.8. The molecule has 0 radical (unpaired) electrons. The van der Waals surface area contributed by atoms with Crippen LogP contribution in [0.3, 0.4) is 0 Å². The second-order valence-electron chi connectivity index (χ2n) is 3.92. The van der Waals surface area contributed by atoms with E-state index in [-0.39, 0.29) is 11.9 Å². The summed E-state index contributed by atoms with van der Waals surface area (Å²) >= 11 is 2.13. The molecule has 0 bridgehead atoms. The Balaban J connectivity index is 2.14. The number of nitrogens with zero attached hydrogens (tertiary/aromatic N) is 2. The van der Waals surface area contributed by atoms with Gasteiger partial charge in [-0.1, -0.05) is 0 Å². The average molecular weight is 331 g/mol. The molecule has 4 nitrogen and oxygen atoms in total. The fraction of sp³-hybridized carbons (Fsp3) is 0.455. The number of amides is 1. The summed E-state index contributed by atoms with van der Waals surface area (Å²) in [5.74, 6) is 0.0814. The second kappa shape index (κ2) is 5.09. The topological polar surface area (TPSA) is 45.2 Å². The van der Waals surface area contributed by atoms with Crippen LogP contribution >= 0.6 is 22.6 Å². The van der Waals surface area contributed by atoms with E-state index < -0.39 is 0 Å². The van der Waals surface area contributed by atoms with Gasteiger partial charge in [-0.2, -0.15) is 0 Å². The highest BCUT2D eigenvalue weighted by atomic mass is 127. The zero-order valence-electron chi connectivity index (χ0n) is 9.11. The summed E-state index contributed by atoms with van der Waals surface area (Å²) in [6.45, 7) is 4.56. The van der Waals surface area contributed by atoms with Gasteiger partial charge in [-0.05, 0) is 41.6 Å². The zero-order chi connectivity index (χ0) is 11.5. The van der Waals surface area contributed by atoms with Gasteiger partial charge >= 0.3 is 0 Å². The predicted octanol–water partition coefficient (Wildman–Crippen LogP) is 1.12. The highest BCUT2D eigenvalue weighted by Gasteiger charge is 2.23. The molecule has 1 aliphatic heterocycles. The minimum Gasteiger partial charge on any atom is -0.333 e. The highest BCUT2D eigenvalue weighted by Crippen LogP contribution is 2.10. The number of aromatic nitrogens is 1. The lowest BCUT2D eigenvalue weighted by molar-refractivity contribution is 0.0655. The first-order chi connectivity index (χ1) is 7.68. The average Bonchev–Trinajstić information content (AvgIpc) is 2.30. The molecular formula is C11H14IN3O. The molecule has 1 aromatic rings. The number of halogens is 1. The molecule has 0 aliphatic carbocycles. The summed E-state index contributed by atoms with van der Waals surface area (Å²) < 4.78 is 0.905. The molecule has 1 amide bonds. The van der Waals surface area contributed by atoms with E-state index in [0.29, 0.717) is 5.56 Å². The lowest BCUT2D eigenvalue weighted by atomic mass is 10.1. The van der Waals surface area contributed by atoms with Gasteiger partial charge in [0.15, 0.2) is 0 Å². The van der Waals surface area contributed by atoms with Gasteiger partial charge in [-0.3, -0.25) is 4.79 Å². The smallest absolute Gasteiger partial charge is 0.255 e. The van der Waals surface area contributed by atoms with E-state index in [1.54, 1.807) is 6.20 Å². The van der Waals surface area contributed by atoms with E-state index >= 15 is 0 Å². The fourth-order valence-corrected chi connectivity index (χ4v) is 2.13. The van der Waals surface area contributed by atoms with Crippen molar-refractivity contribution in [1.82, 2.24) is 15.2 Å². The van der Waals surface area contributed by atoms with Crippen LogP contribution in [0.5, 0.6) is 0 Å². The molecule has 2 rings (SSSR count). The number of hydrogen-bond acceptors (Lipinski definition) is 3. The Morgan fingerprint density at radius 2 is 2.44 bits per heavy atom. The number of rotatable bonds is 1. The van der Waals surface area contributed by atoms with Crippen molar-refractivity contribution in [2.45, 2.75) is 13.0 Å². The van der Waals surface area contributed by atoms with Crippen molar-refractivity contribution in [3.05, 3.63) is 27.6 Å². The molecule has 1 atom stereocenters. The maximum atomic E-state index is 12.2. The van der Waals surface area contributed by atoms with Crippen LogP contribution in [0.1, 0.15) is 17.3 Å². The molecular weight excluding hydrogens is 317 g/mol. The molecule has 0 spiro atoms. The monoisotopic (exact) mass is 331 g/mol. The Morgan fingerprint density at radius 3 is 3.06 bits per heavy atom. The van der Waals surface area contributed by atoms with Gasteiger partial charge in [-0.15, -0.1) is 0 Å². The molecule has 0 aromatic carbocycles. The van der Waals surface area contributed by atoms with E-state index in [1.807, 2.05) is 17.0 Å². The fourth-order valence-electron chi connectivity index (χ4n) is 1.81. The Hall–Kier alpha value is -0.690. The summed E-state index contributed by atoms with van der Waals surface area (Å²) in [5, 5.41) is 3.27. The van der Waals surface area contributed by atoms with Crippen LogP contribution in [0.2, 0.25) is 0 Å². The third kappa shape index (κ3) is 2.52. The first-order valence-corrected chi connectivity index (χ1v) is 6.39. The summed E-state index contributed by atoms with van der Waals surface area (Å²) in [4.78, 5) is 18.2. The lowest BCUT2D eigenvalue weighted by Gasteiger charge is -2.33. The van der Waals surface area contributed by atoms with E-state index in [0.717, 1.165) is 23.3 Å². The van der Waals surface area contributed by atoms with Crippen LogP contribution < -0.4 is 5.32 Å². The van der Waals surface area contributed by atoms with Crippen molar-refractivity contribution in [3.8, 4) is 0 Å². The molecule has 1 fully saturated rings. The number of carbonyl (C=O) groups is 1. The van der Waals surface area contributed by atoms with Crippen molar-refractivity contribution >= 4 is 28.5 Å². The second-order valence-corrected chi connectivity index (χ2v) is 5.03. The first-order valence-electron chi connectivity index (χ1n) is 5.32. The zero-order valence-corrected chi connectivity index (χ0v) is 11.3. The largest absolute Gasteiger partial charge is 0.333 e. The lowest BCUT2D eigenvalue weighted by Crippen LogP contribution is -2.52. The van der Waals surface area contributed by atoms with E-state index in [9.17, 15) is 4.79 Å². The van der Waals surface area contributed by atoms with Crippen LogP contribution in [0.25, 0.3) is 0 Å². The Bertz CT molecular complexity index is 379. The van der Waals surface area contributed by atoms with Gasteiger partial charge in [0, 0.05) is 31.9 Å². The summed E-state index contributed by atoms with van der Waals surface area (Å²) in [5.41, 5.74) is 0.675. The third-order valence-electron chi connectivity index (χ3n) is 2.74. The van der Waals surface area contributed by atoms with Crippen molar-refractivity contribution < 1.29 is 4.79 Å². The van der Waals surface area contributed by atoms with Gasteiger partial charge in [0.1, 0.15) is 3.70 Å². The quantitative estimate of drug-likeness (QED) is 0.620. The van der Waals surface area contributed by atoms with Crippen LogP contribution in [0.15, 0.2) is 18.3 Å². The predicted molar refractivity (Wildman–Crippen MR) is 70.3 cm³/mol. The van der Waals surface area contributed by atoms with E-state index in [1.165, 1.54) is 0 Å². The number of pyridine rings is 1. The molecule has 5 heteroatoms. The maximum absolute atomic E-state index is 12.2. The van der Waals surface area contributed by atoms with Gasteiger partial charge in [0.2, 0.25) is 0 Å². The Labute approximate surface area is 109 Å². The SMILES string of the molecule is C[C@@H]1CNCCN1C(=O)c1ccc(I)nc1. The highest BCUT2D eigenvalue weighted by molar-refractivity contribution is 14.1. The van der Waals surface area contributed by atoms with Gasteiger partial charge in [-0.25, -0.2) is 4.98 Å². The van der Waals surface area contributed by atoms with Gasteiger partial charge in [0.05, 0.1) is 5.56 Å². The Morgan fingerprint density at radius 1 is 1.62 bits per heavy atom. The van der Waals surface area contributed by atoms with Crippen LogP contribution in [-0.2, 0) is 0 Å². The van der Waals surface area contributed by atoms with E-state index in [4.69, 9.17) is 0 Å². The minimum atomic E-state index is 0.0814. The van der Waals surface area contributed by atoms with Gasteiger partial charge < -0.3 is 10.2 Å². The minimum absolute atomic E-state index is 0.0814. The molecule has 1 saturated heterocycles. The molecule has 16 heavy (non-hydrogen) atoms. The normalized spacial score (nSPS) is 20.9. The third-order valence-corrected chi connectivity index (χ3v) is 3.37. The number of hydrogen-bond donors (Lipinski definition) is 1. The number of nitrogens with one attached hydrogen (secondary N) is 1. The number of carbonyl (C=O) groups excluding carboxylic acids is 1. The van der Waals surface area contributed by atoms with Crippen LogP contribution in [0, 0.1) is 3.70 Å². The summed E-state index contributed by atoms with van der Waals surface area (Å²) in [6, 6.07) is 3.95. The van der Waals surface area contributed by atoms with Crippen molar-refractivity contribution in [3.63, 3.8) is 0 Å². The van der Waals surface area contributed by atoms with Crippen LogP contribution in [0.4, 0.5) is 0 Å². The van der Waals surface area contributed by atoms with Gasteiger partial charge in [0.25, 0.3) is 5.91 Å². The van der Waals surface area contributed by atoms with Crippen LogP contribution in [-0.4, -0.2) is 41.5 Å². The summed E-state index contributed by atoms with van der Waals surface area (Å²) in [7, 11) is 0. The Kier molecular flexibility index (Phi) is 3.75. The molecule has 2 heterocycles. The molecule has 1 N–H and O–H groups in total. The molecule has 1 aliphatic rings. The van der Waals surface area contributed by atoms with Crippen molar-refractivity contribution in [1.29, 1.82) is 0 Å².